The lowest BCUT2D eigenvalue weighted by Crippen LogP contribution is -2.10. The van der Waals surface area contributed by atoms with Gasteiger partial charge in [0.25, 0.3) is 0 Å². The molecule has 0 aromatic heterocycles. The minimum absolute atomic E-state index is 0.698. The second kappa shape index (κ2) is 3.16. The van der Waals surface area contributed by atoms with E-state index in [0.29, 0.717) is 5.92 Å². The van der Waals surface area contributed by atoms with Crippen LogP contribution in [-0.4, -0.2) is 5.25 Å². The Morgan fingerprint density at radius 1 is 1.36 bits per heavy atom. The molecule has 0 spiro atoms. The van der Waals surface area contributed by atoms with Gasteiger partial charge in [0.2, 0.25) is 0 Å². The number of thioether (sulfide) groups is 1. The van der Waals surface area contributed by atoms with E-state index in [1.54, 1.807) is 10.5 Å². The van der Waals surface area contributed by atoms with Gasteiger partial charge in [-0.3, -0.25) is 0 Å². The summed E-state index contributed by atoms with van der Waals surface area (Å²) < 4.78 is 0. The monoisotopic (exact) mass is 202 g/mol. The zero-order chi connectivity index (χ0) is 9.54. The molecule has 0 bridgehead atoms. The van der Waals surface area contributed by atoms with Gasteiger partial charge in [0, 0.05) is 16.1 Å². The van der Waals surface area contributed by atoms with Crippen LogP contribution in [0, 0.1) is 6.92 Å². The first kappa shape index (κ1) is 8.60. The van der Waals surface area contributed by atoms with Crippen LogP contribution in [0.2, 0.25) is 0 Å². The van der Waals surface area contributed by atoms with Gasteiger partial charge in [-0.1, -0.05) is 30.4 Å². The Labute approximate surface area is 89.4 Å². The van der Waals surface area contributed by atoms with Gasteiger partial charge in [0.1, 0.15) is 0 Å². The van der Waals surface area contributed by atoms with Crippen molar-refractivity contribution in [2.24, 2.45) is 0 Å². The fourth-order valence-corrected chi connectivity index (χ4v) is 4.03. The highest BCUT2D eigenvalue weighted by molar-refractivity contribution is 8.00. The first-order valence-electron chi connectivity index (χ1n) is 5.29. The van der Waals surface area contributed by atoms with E-state index in [9.17, 15) is 0 Å². The molecule has 1 aliphatic carbocycles. The molecule has 1 aromatic rings. The minimum Gasteiger partial charge on any atom is -0.121 e. The van der Waals surface area contributed by atoms with Crippen LogP contribution in [0.5, 0.6) is 0 Å². The molecule has 72 valence electrons. The summed E-state index contributed by atoms with van der Waals surface area (Å²) in [5, 5.41) is 0.816. The Kier molecular flexibility index (Phi) is 1.94. The Balaban J connectivity index is 2.12. The molecule has 3 rings (SSSR count). The molecule has 0 saturated heterocycles. The number of benzene rings is 1. The molecule has 0 saturated carbocycles. The maximum absolute atomic E-state index is 2.41. The Morgan fingerprint density at radius 3 is 3.21 bits per heavy atom. The Morgan fingerprint density at radius 2 is 2.29 bits per heavy atom. The van der Waals surface area contributed by atoms with Crippen molar-refractivity contribution in [1.29, 1.82) is 0 Å². The normalized spacial score (nSPS) is 28.6. The molecule has 2 unspecified atom stereocenters. The van der Waals surface area contributed by atoms with Crippen molar-refractivity contribution in [1.82, 2.24) is 0 Å². The fraction of sp³-hybridized carbons (Fsp3) is 0.385. The molecule has 2 atom stereocenters. The standard InChI is InChI=1S/C13H14S/c1-9-5-4-7-11-10-6-2-3-8-12(10)14-13(9)11/h2,4-7,10,12H,3,8H2,1H3. The summed E-state index contributed by atoms with van der Waals surface area (Å²) in [7, 11) is 0. The second-order valence-electron chi connectivity index (χ2n) is 4.18. The predicted octanol–water partition coefficient (Wildman–Crippen LogP) is 3.90. The van der Waals surface area contributed by atoms with Crippen molar-refractivity contribution in [2.75, 3.05) is 0 Å². The van der Waals surface area contributed by atoms with Gasteiger partial charge in [0.05, 0.1) is 0 Å². The van der Waals surface area contributed by atoms with Crippen LogP contribution in [-0.2, 0) is 0 Å². The van der Waals surface area contributed by atoms with Crippen LogP contribution >= 0.6 is 11.8 Å². The zero-order valence-electron chi connectivity index (χ0n) is 8.36. The van der Waals surface area contributed by atoms with Gasteiger partial charge >= 0.3 is 0 Å². The van der Waals surface area contributed by atoms with Crippen LogP contribution in [0.3, 0.4) is 0 Å². The Bertz CT molecular complexity index is 392. The van der Waals surface area contributed by atoms with E-state index in [2.05, 4.69) is 49.0 Å². The van der Waals surface area contributed by atoms with E-state index >= 15 is 0 Å². The maximum atomic E-state index is 2.41. The average molecular weight is 202 g/mol. The third-order valence-electron chi connectivity index (χ3n) is 3.23. The Hall–Kier alpha value is -0.690. The second-order valence-corrected chi connectivity index (χ2v) is 5.43. The van der Waals surface area contributed by atoms with Gasteiger partial charge in [0.15, 0.2) is 0 Å². The smallest absolute Gasteiger partial charge is 0.0201 e. The molecular weight excluding hydrogens is 188 g/mol. The summed E-state index contributed by atoms with van der Waals surface area (Å²) in [6.07, 6.45) is 7.37. The lowest BCUT2D eigenvalue weighted by molar-refractivity contribution is 0.682. The zero-order valence-corrected chi connectivity index (χ0v) is 9.18. The molecule has 0 fully saturated rings. The van der Waals surface area contributed by atoms with Crippen molar-refractivity contribution < 1.29 is 0 Å². The van der Waals surface area contributed by atoms with Crippen molar-refractivity contribution in [2.45, 2.75) is 35.8 Å². The summed E-state index contributed by atoms with van der Waals surface area (Å²) in [4.78, 5) is 1.55. The lowest BCUT2D eigenvalue weighted by Gasteiger charge is -2.19. The number of rotatable bonds is 0. The molecule has 0 N–H and O–H groups in total. The SMILES string of the molecule is Cc1cccc2c1SC1CCC=CC21. The van der Waals surface area contributed by atoms with Crippen molar-refractivity contribution in [3.8, 4) is 0 Å². The molecule has 2 aliphatic rings. The average Bonchev–Trinajstić information content (AvgIpc) is 2.59. The molecule has 1 aromatic carbocycles. The molecule has 1 aliphatic heterocycles. The van der Waals surface area contributed by atoms with Crippen LogP contribution in [0.1, 0.15) is 29.9 Å². The first-order valence-corrected chi connectivity index (χ1v) is 6.17. The molecular formula is C13H14S. The summed E-state index contributed by atoms with van der Waals surface area (Å²) in [6, 6.07) is 6.72. The predicted molar refractivity (Wildman–Crippen MR) is 61.9 cm³/mol. The molecule has 14 heavy (non-hydrogen) atoms. The summed E-state index contributed by atoms with van der Waals surface area (Å²) >= 11 is 2.10. The molecule has 0 amide bonds. The van der Waals surface area contributed by atoms with Gasteiger partial charge in [-0.25, -0.2) is 0 Å². The van der Waals surface area contributed by atoms with E-state index in [4.69, 9.17) is 0 Å². The quantitative estimate of drug-likeness (QED) is 0.575. The summed E-state index contributed by atoms with van der Waals surface area (Å²) in [5.74, 6) is 0.698. The molecule has 1 heteroatoms. The summed E-state index contributed by atoms with van der Waals surface area (Å²) in [5.41, 5.74) is 3.02. The van der Waals surface area contributed by atoms with Crippen LogP contribution in [0.25, 0.3) is 0 Å². The van der Waals surface area contributed by atoms with Crippen LogP contribution in [0.4, 0.5) is 0 Å². The van der Waals surface area contributed by atoms with Crippen LogP contribution < -0.4 is 0 Å². The van der Waals surface area contributed by atoms with E-state index in [1.807, 2.05) is 0 Å². The van der Waals surface area contributed by atoms with Gasteiger partial charge in [-0.15, -0.1) is 11.8 Å². The number of hydrogen-bond donors (Lipinski definition) is 0. The highest BCUT2D eigenvalue weighted by atomic mass is 32.2. The number of aryl methyl sites for hydroxylation is 1. The third-order valence-corrected chi connectivity index (χ3v) is 4.86. The topological polar surface area (TPSA) is 0 Å². The number of hydrogen-bond acceptors (Lipinski definition) is 1. The van der Waals surface area contributed by atoms with Gasteiger partial charge in [-0.05, 0) is 30.9 Å². The van der Waals surface area contributed by atoms with E-state index < -0.39 is 0 Å². The molecule has 0 nitrogen and oxygen atoms in total. The highest BCUT2D eigenvalue weighted by Crippen LogP contribution is 2.50. The van der Waals surface area contributed by atoms with E-state index in [0.717, 1.165) is 5.25 Å². The van der Waals surface area contributed by atoms with Crippen LogP contribution in [0.15, 0.2) is 35.2 Å². The molecule has 1 heterocycles. The highest BCUT2D eigenvalue weighted by Gasteiger charge is 2.33. The number of fused-ring (bicyclic) bond motifs is 3. The molecule has 0 radical (unpaired) electrons. The van der Waals surface area contributed by atoms with E-state index in [1.165, 1.54) is 18.4 Å². The van der Waals surface area contributed by atoms with Crippen molar-refractivity contribution in [3.05, 3.63) is 41.5 Å². The fourth-order valence-electron chi connectivity index (χ4n) is 2.49. The maximum Gasteiger partial charge on any atom is 0.0201 e. The lowest BCUT2D eigenvalue weighted by atomic mass is 9.89. The van der Waals surface area contributed by atoms with Crippen molar-refractivity contribution >= 4 is 11.8 Å². The van der Waals surface area contributed by atoms with Gasteiger partial charge in [-0.2, -0.15) is 0 Å². The van der Waals surface area contributed by atoms with Gasteiger partial charge < -0.3 is 0 Å². The minimum atomic E-state index is 0.698. The number of allylic oxidation sites excluding steroid dienone is 2. The third kappa shape index (κ3) is 1.15. The van der Waals surface area contributed by atoms with E-state index in [-0.39, 0.29) is 0 Å². The summed E-state index contributed by atoms with van der Waals surface area (Å²) in [6.45, 7) is 2.23. The first-order chi connectivity index (χ1) is 6.86. The largest absolute Gasteiger partial charge is 0.121 e. The van der Waals surface area contributed by atoms with Crippen molar-refractivity contribution in [3.63, 3.8) is 0 Å².